The Balaban J connectivity index is 1.97. The molecule has 1 atom stereocenters. The van der Waals surface area contributed by atoms with Crippen molar-refractivity contribution in [2.24, 2.45) is 5.41 Å². The van der Waals surface area contributed by atoms with Crippen molar-refractivity contribution >= 4 is 0 Å². The van der Waals surface area contributed by atoms with Gasteiger partial charge in [0.25, 0.3) is 0 Å². The van der Waals surface area contributed by atoms with E-state index in [2.05, 4.69) is 24.2 Å². The molecule has 1 aliphatic heterocycles. The smallest absolute Gasteiger partial charge is 0.124 e. The highest BCUT2D eigenvalue weighted by Gasteiger charge is 2.29. The number of piperidine rings is 1. The Bertz CT molecular complexity index is 434. The van der Waals surface area contributed by atoms with E-state index in [-0.39, 0.29) is 17.5 Å². The summed E-state index contributed by atoms with van der Waals surface area (Å²) < 4.78 is 0. The van der Waals surface area contributed by atoms with Gasteiger partial charge in [-0.3, -0.25) is 0 Å². The fourth-order valence-electron chi connectivity index (χ4n) is 2.82. The lowest BCUT2D eigenvalue weighted by Crippen LogP contribution is -2.42. The Kier molecular flexibility index (Phi) is 4.55. The third-order valence-electron chi connectivity index (χ3n) is 4.52. The number of hydrogen-bond acceptors (Lipinski definition) is 4. The first kappa shape index (κ1) is 15.1. The van der Waals surface area contributed by atoms with E-state index in [1.807, 2.05) is 6.92 Å². The molecule has 112 valence electrons. The standard InChI is InChI=1S/C16H26N2O2/c1-12(15-13(19)5-4-6-14(15)20)17-11-16(2)7-9-18(3)10-8-16/h4-6,12,17,19-20H,7-11H2,1-3H3. The fraction of sp³-hybridized carbons (Fsp3) is 0.625. The SMILES string of the molecule is CC(NCC1(C)CCN(C)CC1)c1c(O)cccc1O. The maximum Gasteiger partial charge on any atom is 0.124 e. The minimum atomic E-state index is -0.0623. The number of phenolic OH excluding ortho intramolecular Hbond substituents is 2. The van der Waals surface area contributed by atoms with Gasteiger partial charge in [-0.1, -0.05) is 13.0 Å². The molecule has 1 aromatic carbocycles. The van der Waals surface area contributed by atoms with Crippen LogP contribution in [0, 0.1) is 5.41 Å². The lowest BCUT2D eigenvalue weighted by atomic mass is 9.80. The van der Waals surface area contributed by atoms with Crippen LogP contribution in [0.2, 0.25) is 0 Å². The molecule has 0 saturated carbocycles. The third-order valence-corrected chi connectivity index (χ3v) is 4.52. The van der Waals surface area contributed by atoms with Crippen LogP contribution in [0.25, 0.3) is 0 Å². The van der Waals surface area contributed by atoms with Crippen molar-refractivity contribution in [3.63, 3.8) is 0 Å². The second-order valence-electron chi connectivity index (χ2n) is 6.43. The van der Waals surface area contributed by atoms with Crippen LogP contribution in [0.4, 0.5) is 0 Å². The van der Waals surface area contributed by atoms with Crippen molar-refractivity contribution in [2.75, 3.05) is 26.7 Å². The Morgan fingerprint density at radius 2 is 1.80 bits per heavy atom. The van der Waals surface area contributed by atoms with Gasteiger partial charge in [0.05, 0.1) is 5.56 Å². The molecule has 1 fully saturated rings. The number of nitrogens with one attached hydrogen (secondary N) is 1. The fourth-order valence-corrected chi connectivity index (χ4v) is 2.82. The van der Waals surface area contributed by atoms with Gasteiger partial charge in [-0.15, -0.1) is 0 Å². The van der Waals surface area contributed by atoms with Gasteiger partial charge in [0.1, 0.15) is 11.5 Å². The molecule has 3 N–H and O–H groups in total. The molecule has 2 rings (SSSR count). The third kappa shape index (κ3) is 3.44. The highest BCUT2D eigenvalue weighted by Crippen LogP contribution is 2.34. The van der Waals surface area contributed by atoms with Gasteiger partial charge in [-0.05, 0) is 57.5 Å². The quantitative estimate of drug-likeness (QED) is 0.792. The summed E-state index contributed by atoms with van der Waals surface area (Å²) in [6.07, 6.45) is 2.35. The first-order chi connectivity index (χ1) is 9.41. The van der Waals surface area contributed by atoms with Crippen LogP contribution >= 0.6 is 0 Å². The summed E-state index contributed by atoms with van der Waals surface area (Å²) >= 11 is 0. The minimum absolute atomic E-state index is 0.0623. The summed E-state index contributed by atoms with van der Waals surface area (Å²) in [6, 6.07) is 4.82. The van der Waals surface area contributed by atoms with E-state index >= 15 is 0 Å². The number of aromatic hydroxyl groups is 2. The van der Waals surface area contributed by atoms with Crippen LogP contribution in [-0.2, 0) is 0 Å². The van der Waals surface area contributed by atoms with Gasteiger partial charge >= 0.3 is 0 Å². The molecule has 0 bridgehead atoms. The minimum Gasteiger partial charge on any atom is -0.507 e. The maximum atomic E-state index is 9.89. The van der Waals surface area contributed by atoms with Crippen molar-refractivity contribution in [1.29, 1.82) is 0 Å². The van der Waals surface area contributed by atoms with Crippen LogP contribution in [0.15, 0.2) is 18.2 Å². The number of rotatable bonds is 4. The van der Waals surface area contributed by atoms with Crippen molar-refractivity contribution in [3.8, 4) is 11.5 Å². The summed E-state index contributed by atoms with van der Waals surface area (Å²) in [5, 5.41) is 23.2. The molecule has 1 saturated heterocycles. The topological polar surface area (TPSA) is 55.7 Å². The summed E-state index contributed by atoms with van der Waals surface area (Å²) in [6.45, 7) is 7.45. The van der Waals surface area contributed by atoms with E-state index in [0.717, 1.165) is 19.6 Å². The van der Waals surface area contributed by atoms with Gasteiger partial charge in [0.15, 0.2) is 0 Å². The largest absolute Gasteiger partial charge is 0.507 e. The second-order valence-corrected chi connectivity index (χ2v) is 6.43. The zero-order chi connectivity index (χ0) is 14.8. The van der Waals surface area contributed by atoms with Crippen molar-refractivity contribution in [2.45, 2.75) is 32.7 Å². The van der Waals surface area contributed by atoms with Crippen LogP contribution in [0.1, 0.15) is 38.3 Å². The normalized spacial score (nSPS) is 20.8. The summed E-state index contributed by atoms with van der Waals surface area (Å²) in [4.78, 5) is 2.36. The highest BCUT2D eigenvalue weighted by atomic mass is 16.3. The molecule has 0 spiro atoms. The van der Waals surface area contributed by atoms with Crippen molar-refractivity contribution in [1.82, 2.24) is 10.2 Å². The van der Waals surface area contributed by atoms with Gasteiger partial charge in [0, 0.05) is 12.6 Å². The Morgan fingerprint density at radius 1 is 1.25 bits per heavy atom. The zero-order valence-corrected chi connectivity index (χ0v) is 12.7. The molecule has 1 unspecified atom stereocenters. The molecule has 1 heterocycles. The first-order valence-electron chi connectivity index (χ1n) is 7.34. The molecule has 20 heavy (non-hydrogen) atoms. The highest BCUT2D eigenvalue weighted by molar-refractivity contribution is 5.44. The van der Waals surface area contributed by atoms with Gasteiger partial charge in [-0.25, -0.2) is 0 Å². The van der Waals surface area contributed by atoms with Crippen molar-refractivity contribution in [3.05, 3.63) is 23.8 Å². The second kappa shape index (κ2) is 6.02. The average Bonchev–Trinajstić information content (AvgIpc) is 2.40. The Hall–Kier alpha value is -1.26. The molecule has 4 heteroatoms. The zero-order valence-electron chi connectivity index (χ0n) is 12.7. The van der Waals surface area contributed by atoms with E-state index < -0.39 is 0 Å². The van der Waals surface area contributed by atoms with Crippen LogP contribution in [0.5, 0.6) is 11.5 Å². The van der Waals surface area contributed by atoms with Gasteiger partial charge in [-0.2, -0.15) is 0 Å². The predicted octanol–water partition coefficient (Wildman–Crippen LogP) is 2.48. The number of phenols is 2. The molecule has 0 aromatic heterocycles. The lowest BCUT2D eigenvalue weighted by molar-refractivity contribution is 0.134. The number of hydrogen-bond donors (Lipinski definition) is 3. The Labute approximate surface area is 121 Å². The maximum absolute atomic E-state index is 9.89. The average molecular weight is 278 g/mol. The Morgan fingerprint density at radius 3 is 2.35 bits per heavy atom. The van der Waals surface area contributed by atoms with E-state index in [9.17, 15) is 10.2 Å². The van der Waals surface area contributed by atoms with E-state index in [0.29, 0.717) is 11.0 Å². The van der Waals surface area contributed by atoms with Crippen LogP contribution in [-0.4, -0.2) is 41.8 Å². The van der Waals surface area contributed by atoms with Crippen LogP contribution in [0.3, 0.4) is 0 Å². The number of benzene rings is 1. The first-order valence-corrected chi connectivity index (χ1v) is 7.34. The number of nitrogens with zero attached hydrogens (tertiary/aromatic N) is 1. The predicted molar refractivity (Wildman–Crippen MR) is 81.0 cm³/mol. The van der Waals surface area contributed by atoms with E-state index in [1.54, 1.807) is 18.2 Å². The molecular weight excluding hydrogens is 252 g/mol. The molecule has 4 nitrogen and oxygen atoms in total. The molecule has 0 radical (unpaired) electrons. The summed E-state index contributed by atoms with van der Waals surface area (Å²) in [5.74, 6) is 0.303. The molecule has 1 aliphatic rings. The summed E-state index contributed by atoms with van der Waals surface area (Å²) in [5.41, 5.74) is 0.880. The van der Waals surface area contributed by atoms with E-state index in [4.69, 9.17) is 0 Å². The van der Waals surface area contributed by atoms with Gasteiger partial charge < -0.3 is 20.4 Å². The van der Waals surface area contributed by atoms with Crippen molar-refractivity contribution < 1.29 is 10.2 Å². The molecule has 0 aliphatic carbocycles. The molecular formula is C16H26N2O2. The van der Waals surface area contributed by atoms with Crippen LogP contribution < -0.4 is 5.32 Å². The monoisotopic (exact) mass is 278 g/mol. The lowest BCUT2D eigenvalue weighted by Gasteiger charge is -2.38. The molecule has 1 aromatic rings. The van der Waals surface area contributed by atoms with E-state index in [1.165, 1.54) is 12.8 Å². The summed E-state index contributed by atoms with van der Waals surface area (Å²) in [7, 11) is 2.16. The molecule has 0 amide bonds. The number of likely N-dealkylation sites (tertiary alicyclic amines) is 1. The van der Waals surface area contributed by atoms with Gasteiger partial charge in [0.2, 0.25) is 0 Å².